The van der Waals surface area contributed by atoms with Gasteiger partial charge >= 0.3 is 0 Å². The fourth-order valence-electron chi connectivity index (χ4n) is 0.781. The van der Waals surface area contributed by atoms with E-state index in [0.717, 1.165) is 12.3 Å². The van der Waals surface area contributed by atoms with Crippen LogP contribution in [0.1, 0.15) is 27.2 Å². The number of allylic oxidation sites excluding steroid dienone is 1. The molecule has 0 radical (unpaired) electrons. The molecular weight excluding hydrogens is 136 g/mol. The Labute approximate surface area is 69.4 Å². The lowest BCUT2D eigenvalue weighted by molar-refractivity contribution is 0.675. The van der Waals surface area contributed by atoms with Crippen molar-refractivity contribution in [1.82, 2.24) is 5.32 Å². The summed E-state index contributed by atoms with van der Waals surface area (Å²) in [6, 6.07) is 0. The number of hydrogen-bond donors (Lipinski definition) is 1. The van der Waals surface area contributed by atoms with Gasteiger partial charge in [-0.2, -0.15) is 0 Å². The molecule has 0 heterocycles. The number of rotatable bonds is 3. The molecule has 0 fully saturated rings. The molecule has 0 aliphatic rings. The molecule has 0 rings (SSSR count). The molecule has 1 N–H and O–H groups in total. The average molecular weight is 154 g/mol. The molecule has 0 atom stereocenters. The Kier molecular flexibility index (Phi) is 5.53. The van der Waals surface area contributed by atoms with Crippen LogP contribution >= 0.6 is 0 Å². The van der Waals surface area contributed by atoms with Crippen molar-refractivity contribution in [1.29, 1.82) is 0 Å². The summed E-state index contributed by atoms with van der Waals surface area (Å²) in [5.41, 5.74) is 0. The number of nitrogens with one attached hydrogen (secondary N) is 1. The minimum Gasteiger partial charge on any atom is -0.351 e. The number of aliphatic imine (C=N–C) groups is 1. The zero-order chi connectivity index (χ0) is 8.69. The van der Waals surface area contributed by atoms with E-state index in [1.165, 1.54) is 0 Å². The Bertz CT molecular complexity index is 146. The molecule has 2 heteroatoms. The minimum absolute atomic E-state index is 0.659. The molecule has 0 aromatic heterocycles. The monoisotopic (exact) mass is 154 g/mol. The second kappa shape index (κ2) is 5.96. The largest absolute Gasteiger partial charge is 0.351 e. The van der Waals surface area contributed by atoms with Crippen LogP contribution in [-0.4, -0.2) is 12.9 Å². The Morgan fingerprint density at radius 3 is 2.55 bits per heavy atom. The number of hydrogen-bond acceptors (Lipinski definition) is 1. The van der Waals surface area contributed by atoms with Crippen molar-refractivity contribution in [3.8, 4) is 0 Å². The zero-order valence-electron chi connectivity index (χ0n) is 7.89. The van der Waals surface area contributed by atoms with Crippen molar-refractivity contribution in [2.45, 2.75) is 27.2 Å². The van der Waals surface area contributed by atoms with Crippen LogP contribution in [0.5, 0.6) is 0 Å². The first-order valence-corrected chi connectivity index (χ1v) is 4.04. The molecule has 64 valence electrons. The molecule has 0 saturated heterocycles. The maximum absolute atomic E-state index is 4.12. The molecule has 0 amide bonds. The summed E-state index contributed by atoms with van der Waals surface area (Å²) < 4.78 is 0. The first-order chi connectivity index (χ1) is 5.20. The fourth-order valence-corrected chi connectivity index (χ4v) is 0.781. The first-order valence-electron chi connectivity index (χ1n) is 4.04. The Morgan fingerprint density at radius 2 is 2.18 bits per heavy atom. The summed E-state index contributed by atoms with van der Waals surface area (Å²) in [6.45, 7) is 6.35. The highest BCUT2D eigenvalue weighted by Gasteiger charge is 1.98. The summed E-state index contributed by atoms with van der Waals surface area (Å²) in [7, 11) is 1.81. The second-order valence-corrected chi connectivity index (χ2v) is 2.91. The molecule has 0 aliphatic carbocycles. The van der Waals surface area contributed by atoms with Crippen LogP contribution in [0.3, 0.4) is 0 Å². The third-order valence-corrected chi connectivity index (χ3v) is 1.29. The van der Waals surface area contributed by atoms with Crippen LogP contribution in [0.2, 0.25) is 0 Å². The van der Waals surface area contributed by atoms with E-state index in [1.807, 2.05) is 26.2 Å². The van der Waals surface area contributed by atoms with Crippen molar-refractivity contribution < 1.29 is 0 Å². The SMILES string of the molecule is C/C=C\NC(CC(C)C)=NC. The molecule has 0 saturated carbocycles. The Morgan fingerprint density at radius 1 is 1.55 bits per heavy atom. The van der Waals surface area contributed by atoms with E-state index in [9.17, 15) is 0 Å². The highest BCUT2D eigenvalue weighted by molar-refractivity contribution is 5.83. The lowest BCUT2D eigenvalue weighted by Crippen LogP contribution is -2.18. The van der Waals surface area contributed by atoms with E-state index in [4.69, 9.17) is 0 Å². The van der Waals surface area contributed by atoms with E-state index in [2.05, 4.69) is 24.2 Å². The number of nitrogens with zero attached hydrogens (tertiary/aromatic N) is 1. The lowest BCUT2D eigenvalue weighted by atomic mass is 10.1. The van der Waals surface area contributed by atoms with Gasteiger partial charge in [0.15, 0.2) is 0 Å². The Balaban J connectivity index is 3.78. The smallest absolute Gasteiger partial charge is 0.100 e. The maximum atomic E-state index is 4.12. The summed E-state index contributed by atoms with van der Waals surface area (Å²) >= 11 is 0. The van der Waals surface area contributed by atoms with Crippen LogP contribution in [0.15, 0.2) is 17.3 Å². The highest BCUT2D eigenvalue weighted by atomic mass is 15.0. The number of amidine groups is 1. The molecule has 0 aromatic rings. The van der Waals surface area contributed by atoms with E-state index in [-0.39, 0.29) is 0 Å². The van der Waals surface area contributed by atoms with E-state index < -0.39 is 0 Å². The van der Waals surface area contributed by atoms with Gasteiger partial charge < -0.3 is 5.32 Å². The van der Waals surface area contributed by atoms with E-state index in [0.29, 0.717) is 5.92 Å². The summed E-state index contributed by atoms with van der Waals surface area (Å²) in [6.07, 6.45) is 4.89. The van der Waals surface area contributed by atoms with Gasteiger partial charge in [0, 0.05) is 13.5 Å². The first kappa shape index (κ1) is 10.2. The molecule has 0 aromatic carbocycles. The third kappa shape index (κ3) is 5.64. The molecule has 0 bridgehead atoms. The fraction of sp³-hybridized carbons (Fsp3) is 0.667. The van der Waals surface area contributed by atoms with Crippen molar-refractivity contribution in [3.05, 3.63) is 12.3 Å². The van der Waals surface area contributed by atoms with Crippen molar-refractivity contribution in [3.63, 3.8) is 0 Å². The Hall–Kier alpha value is -0.790. The van der Waals surface area contributed by atoms with Gasteiger partial charge in [-0.15, -0.1) is 0 Å². The predicted octanol–water partition coefficient (Wildman–Crippen LogP) is 2.18. The lowest BCUT2D eigenvalue weighted by Gasteiger charge is -2.07. The van der Waals surface area contributed by atoms with Gasteiger partial charge in [0.05, 0.1) is 0 Å². The second-order valence-electron chi connectivity index (χ2n) is 2.91. The van der Waals surface area contributed by atoms with Crippen LogP contribution in [0.25, 0.3) is 0 Å². The van der Waals surface area contributed by atoms with Crippen molar-refractivity contribution in [2.75, 3.05) is 7.05 Å². The van der Waals surface area contributed by atoms with Crippen LogP contribution in [0.4, 0.5) is 0 Å². The summed E-state index contributed by atoms with van der Waals surface area (Å²) in [5, 5.41) is 3.12. The van der Waals surface area contributed by atoms with Crippen LogP contribution < -0.4 is 5.32 Å². The average Bonchev–Trinajstić information content (AvgIpc) is 1.97. The van der Waals surface area contributed by atoms with Gasteiger partial charge in [0.2, 0.25) is 0 Å². The quantitative estimate of drug-likeness (QED) is 0.489. The maximum Gasteiger partial charge on any atom is 0.100 e. The molecule has 0 unspecified atom stereocenters. The van der Waals surface area contributed by atoms with Crippen molar-refractivity contribution in [2.24, 2.45) is 10.9 Å². The van der Waals surface area contributed by atoms with Crippen LogP contribution in [-0.2, 0) is 0 Å². The van der Waals surface area contributed by atoms with E-state index >= 15 is 0 Å². The zero-order valence-corrected chi connectivity index (χ0v) is 7.89. The van der Waals surface area contributed by atoms with Gasteiger partial charge in [-0.1, -0.05) is 19.9 Å². The molecule has 0 aliphatic heterocycles. The highest BCUT2D eigenvalue weighted by Crippen LogP contribution is 1.99. The summed E-state index contributed by atoms with van der Waals surface area (Å²) in [5.74, 6) is 1.71. The predicted molar refractivity (Wildman–Crippen MR) is 50.8 cm³/mol. The topological polar surface area (TPSA) is 24.4 Å². The normalized spacial score (nSPS) is 13.0. The van der Waals surface area contributed by atoms with Gasteiger partial charge in [-0.25, -0.2) is 0 Å². The van der Waals surface area contributed by atoms with Gasteiger partial charge in [-0.05, 0) is 19.0 Å². The molecule has 2 nitrogen and oxygen atoms in total. The van der Waals surface area contributed by atoms with Gasteiger partial charge in [0.25, 0.3) is 0 Å². The molecule has 11 heavy (non-hydrogen) atoms. The third-order valence-electron chi connectivity index (χ3n) is 1.29. The minimum atomic E-state index is 0.659. The molecule has 0 spiro atoms. The summed E-state index contributed by atoms with van der Waals surface area (Å²) in [4.78, 5) is 4.12. The van der Waals surface area contributed by atoms with Crippen LogP contribution in [0, 0.1) is 5.92 Å². The van der Waals surface area contributed by atoms with E-state index in [1.54, 1.807) is 0 Å². The molecular formula is C9H18N2. The van der Waals surface area contributed by atoms with Crippen molar-refractivity contribution >= 4 is 5.84 Å². The van der Waals surface area contributed by atoms with Gasteiger partial charge in [0.1, 0.15) is 5.84 Å². The van der Waals surface area contributed by atoms with Gasteiger partial charge in [-0.3, -0.25) is 4.99 Å². The standard InChI is InChI=1S/C9H18N2/c1-5-6-11-9(10-4)7-8(2)3/h5-6,8H,7H2,1-4H3,(H,10,11)/b6-5-.